The fourth-order valence-electron chi connectivity index (χ4n) is 3.14. The topological polar surface area (TPSA) is 29.9 Å². The molecule has 0 radical (unpaired) electrons. The van der Waals surface area contributed by atoms with Crippen molar-refractivity contribution in [3.8, 4) is 0 Å². The van der Waals surface area contributed by atoms with Crippen molar-refractivity contribution in [1.29, 1.82) is 0 Å². The number of hydrogen-bond donors (Lipinski definition) is 1. The van der Waals surface area contributed by atoms with Crippen molar-refractivity contribution in [2.75, 3.05) is 11.9 Å². The lowest BCUT2D eigenvalue weighted by atomic mass is 9.77. The SMILES string of the molecule is C=CCNc1nccn1C1CCCCC1C(C)C. The van der Waals surface area contributed by atoms with Gasteiger partial charge in [-0.1, -0.05) is 32.8 Å². The molecule has 0 spiro atoms. The van der Waals surface area contributed by atoms with Gasteiger partial charge in [0.1, 0.15) is 0 Å². The Morgan fingerprint density at radius 3 is 3.00 bits per heavy atom. The van der Waals surface area contributed by atoms with E-state index >= 15 is 0 Å². The largest absolute Gasteiger partial charge is 0.352 e. The van der Waals surface area contributed by atoms with E-state index < -0.39 is 0 Å². The van der Waals surface area contributed by atoms with Crippen LogP contribution in [0.2, 0.25) is 0 Å². The van der Waals surface area contributed by atoms with Gasteiger partial charge >= 0.3 is 0 Å². The Balaban J connectivity index is 2.17. The molecule has 1 aliphatic carbocycles. The minimum absolute atomic E-state index is 0.605. The van der Waals surface area contributed by atoms with E-state index in [1.165, 1.54) is 25.7 Å². The van der Waals surface area contributed by atoms with Gasteiger partial charge in [-0.2, -0.15) is 0 Å². The highest BCUT2D eigenvalue weighted by Gasteiger charge is 2.29. The summed E-state index contributed by atoms with van der Waals surface area (Å²) >= 11 is 0. The predicted octanol–water partition coefficient (Wildman–Crippen LogP) is 3.87. The third kappa shape index (κ3) is 2.77. The smallest absolute Gasteiger partial charge is 0.203 e. The molecule has 3 heteroatoms. The van der Waals surface area contributed by atoms with Gasteiger partial charge in [0.25, 0.3) is 0 Å². The lowest BCUT2D eigenvalue weighted by molar-refractivity contribution is 0.186. The van der Waals surface area contributed by atoms with Crippen molar-refractivity contribution in [3.63, 3.8) is 0 Å². The van der Waals surface area contributed by atoms with Gasteiger partial charge < -0.3 is 9.88 Å². The lowest BCUT2D eigenvalue weighted by Gasteiger charge is -2.36. The van der Waals surface area contributed by atoms with Gasteiger partial charge in [0.05, 0.1) is 0 Å². The van der Waals surface area contributed by atoms with E-state index in [1.54, 1.807) is 0 Å². The van der Waals surface area contributed by atoms with E-state index in [1.807, 2.05) is 12.3 Å². The van der Waals surface area contributed by atoms with Crippen LogP contribution in [-0.2, 0) is 0 Å². The zero-order valence-corrected chi connectivity index (χ0v) is 11.6. The van der Waals surface area contributed by atoms with Crippen molar-refractivity contribution >= 4 is 5.95 Å². The van der Waals surface area contributed by atoms with Crippen LogP contribution < -0.4 is 5.32 Å². The van der Waals surface area contributed by atoms with Crippen molar-refractivity contribution in [2.45, 2.75) is 45.6 Å². The minimum atomic E-state index is 0.605. The van der Waals surface area contributed by atoms with Crippen LogP contribution in [0.1, 0.15) is 45.6 Å². The molecule has 2 unspecified atom stereocenters. The van der Waals surface area contributed by atoms with E-state index in [2.05, 4.69) is 41.5 Å². The van der Waals surface area contributed by atoms with Crippen molar-refractivity contribution in [3.05, 3.63) is 25.0 Å². The van der Waals surface area contributed by atoms with Crippen LogP contribution >= 0.6 is 0 Å². The number of imidazole rings is 1. The molecule has 2 rings (SSSR count). The Labute approximate surface area is 110 Å². The number of hydrogen-bond acceptors (Lipinski definition) is 2. The highest BCUT2D eigenvalue weighted by Crippen LogP contribution is 2.39. The van der Waals surface area contributed by atoms with E-state index in [-0.39, 0.29) is 0 Å². The minimum Gasteiger partial charge on any atom is -0.352 e. The standard InChI is InChI=1S/C15H25N3/c1-4-9-16-15-17-10-11-18(15)14-8-6-5-7-13(14)12(2)3/h4,10-14H,1,5-9H2,2-3H3,(H,16,17). The van der Waals surface area contributed by atoms with Gasteiger partial charge in [0, 0.05) is 25.0 Å². The molecule has 0 saturated heterocycles. The predicted molar refractivity (Wildman–Crippen MR) is 76.7 cm³/mol. The Hall–Kier alpha value is -1.25. The van der Waals surface area contributed by atoms with E-state index in [4.69, 9.17) is 0 Å². The van der Waals surface area contributed by atoms with Crippen LogP contribution in [0.15, 0.2) is 25.0 Å². The molecule has 2 atom stereocenters. The molecule has 1 saturated carbocycles. The Kier molecular flexibility index (Phi) is 4.45. The summed E-state index contributed by atoms with van der Waals surface area (Å²) in [5, 5.41) is 3.33. The summed E-state index contributed by atoms with van der Waals surface area (Å²) in [7, 11) is 0. The summed E-state index contributed by atoms with van der Waals surface area (Å²) < 4.78 is 2.34. The van der Waals surface area contributed by atoms with Crippen LogP contribution in [0.5, 0.6) is 0 Å². The van der Waals surface area contributed by atoms with Gasteiger partial charge in [-0.05, 0) is 24.7 Å². The third-order valence-electron chi connectivity index (χ3n) is 4.07. The molecular formula is C15H25N3. The highest BCUT2D eigenvalue weighted by atomic mass is 15.2. The number of nitrogens with one attached hydrogen (secondary N) is 1. The molecule has 1 fully saturated rings. The van der Waals surface area contributed by atoms with Gasteiger partial charge in [-0.15, -0.1) is 6.58 Å². The molecule has 1 aliphatic rings. The number of nitrogens with zero attached hydrogens (tertiary/aromatic N) is 2. The second kappa shape index (κ2) is 6.07. The normalized spacial score (nSPS) is 24.2. The first-order valence-corrected chi connectivity index (χ1v) is 7.11. The van der Waals surface area contributed by atoms with Crippen LogP contribution in [0.3, 0.4) is 0 Å². The van der Waals surface area contributed by atoms with Crippen molar-refractivity contribution in [1.82, 2.24) is 9.55 Å². The molecule has 100 valence electrons. The lowest BCUT2D eigenvalue weighted by Crippen LogP contribution is -2.27. The number of aromatic nitrogens is 2. The highest BCUT2D eigenvalue weighted by molar-refractivity contribution is 5.28. The Morgan fingerprint density at radius 1 is 1.50 bits per heavy atom. The van der Waals surface area contributed by atoms with E-state index in [0.29, 0.717) is 6.04 Å². The quantitative estimate of drug-likeness (QED) is 0.800. The number of rotatable bonds is 5. The molecular weight excluding hydrogens is 222 g/mol. The first-order valence-electron chi connectivity index (χ1n) is 7.11. The Morgan fingerprint density at radius 2 is 2.28 bits per heavy atom. The molecule has 0 aromatic carbocycles. The van der Waals surface area contributed by atoms with E-state index in [0.717, 1.165) is 24.3 Å². The van der Waals surface area contributed by atoms with Gasteiger partial charge in [-0.3, -0.25) is 0 Å². The van der Waals surface area contributed by atoms with Crippen LogP contribution in [0, 0.1) is 11.8 Å². The van der Waals surface area contributed by atoms with Gasteiger partial charge in [-0.25, -0.2) is 4.98 Å². The summed E-state index contributed by atoms with van der Waals surface area (Å²) in [6.45, 7) is 9.21. The zero-order valence-electron chi connectivity index (χ0n) is 11.6. The summed E-state index contributed by atoms with van der Waals surface area (Å²) in [5.74, 6) is 2.51. The average molecular weight is 247 g/mol. The van der Waals surface area contributed by atoms with Crippen LogP contribution in [0.4, 0.5) is 5.95 Å². The second-order valence-corrected chi connectivity index (χ2v) is 5.59. The van der Waals surface area contributed by atoms with Gasteiger partial charge in [0.2, 0.25) is 5.95 Å². The molecule has 0 amide bonds. The molecule has 1 aromatic heterocycles. The summed E-state index contributed by atoms with van der Waals surface area (Å²) in [6.07, 6.45) is 11.2. The molecule has 1 heterocycles. The zero-order chi connectivity index (χ0) is 13.0. The molecule has 1 N–H and O–H groups in total. The first kappa shape index (κ1) is 13.2. The summed E-state index contributed by atoms with van der Waals surface area (Å²) in [4.78, 5) is 4.43. The summed E-state index contributed by atoms with van der Waals surface area (Å²) in [5.41, 5.74) is 0. The van der Waals surface area contributed by atoms with Crippen LogP contribution in [0.25, 0.3) is 0 Å². The second-order valence-electron chi connectivity index (χ2n) is 5.59. The summed E-state index contributed by atoms with van der Waals surface area (Å²) in [6, 6.07) is 0.605. The third-order valence-corrected chi connectivity index (χ3v) is 4.07. The molecule has 0 bridgehead atoms. The number of anilines is 1. The fourth-order valence-corrected chi connectivity index (χ4v) is 3.14. The van der Waals surface area contributed by atoms with Crippen molar-refractivity contribution < 1.29 is 0 Å². The Bertz CT molecular complexity index is 381. The maximum atomic E-state index is 4.43. The van der Waals surface area contributed by atoms with Gasteiger partial charge in [0.15, 0.2) is 0 Å². The van der Waals surface area contributed by atoms with Crippen LogP contribution in [-0.4, -0.2) is 16.1 Å². The monoisotopic (exact) mass is 247 g/mol. The molecule has 18 heavy (non-hydrogen) atoms. The molecule has 0 aliphatic heterocycles. The molecule has 3 nitrogen and oxygen atoms in total. The van der Waals surface area contributed by atoms with E-state index in [9.17, 15) is 0 Å². The fraction of sp³-hybridized carbons (Fsp3) is 0.667. The molecule has 1 aromatic rings. The maximum Gasteiger partial charge on any atom is 0.203 e. The first-order chi connectivity index (χ1) is 8.74. The average Bonchev–Trinajstić information content (AvgIpc) is 2.84. The maximum absolute atomic E-state index is 4.43. The van der Waals surface area contributed by atoms with Crippen molar-refractivity contribution in [2.24, 2.45) is 11.8 Å².